The van der Waals surface area contributed by atoms with E-state index in [2.05, 4.69) is 17.1 Å². The molecule has 0 aliphatic heterocycles. The zero-order valence-electron chi connectivity index (χ0n) is 8.20. The van der Waals surface area contributed by atoms with E-state index in [1.807, 2.05) is 44.2 Å². The molecule has 68 valence electrons. The minimum Gasteiger partial charge on any atom is -0.285 e. The molecule has 1 nitrogen and oxygen atoms in total. The van der Waals surface area contributed by atoms with Crippen molar-refractivity contribution in [3.8, 4) is 0 Å². The van der Waals surface area contributed by atoms with Crippen molar-refractivity contribution in [3.63, 3.8) is 0 Å². The van der Waals surface area contributed by atoms with Crippen LogP contribution >= 0.6 is 0 Å². The average Bonchev–Trinajstić information content (AvgIpc) is 2.19. The SMILES string of the molecule is C/C=C\CN=C(C)c1ccccc1. The Hall–Kier alpha value is -1.37. The Morgan fingerprint density at radius 3 is 2.62 bits per heavy atom. The molecule has 0 spiro atoms. The van der Waals surface area contributed by atoms with Gasteiger partial charge in [0.2, 0.25) is 0 Å². The van der Waals surface area contributed by atoms with Crippen LogP contribution in [0.1, 0.15) is 19.4 Å². The first kappa shape index (κ1) is 9.72. The van der Waals surface area contributed by atoms with Crippen LogP contribution in [0.2, 0.25) is 0 Å². The smallest absolute Gasteiger partial charge is 0.0573 e. The van der Waals surface area contributed by atoms with Crippen LogP contribution < -0.4 is 0 Å². The second-order valence-corrected chi connectivity index (χ2v) is 2.86. The summed E-state index contributed by atoms with van der Waals surface area (Å²) in [7, 11) is 0. The molecule has 13 heavy (non-hydrogen) atoms. The molecule has 0 amide bonds. The molecule has 0 fully saturated rings. The second-order valence-electron chi connectivity index (χ2n) is 2.86. The van der Waals surface area contributed by atoms with E-state index in [-0.39, 0.29) is 0 Å². The summed E-state index contributed by atoms with van der Waals surface area (Å²) in [5.41, 5.74) is 2.30. The average molecular weight is 173 g/mol. The molecule has 1 heteroatoms. The van der Waals surface area contributed by atoms with Gasteiger partial charge in [-0.05, 0) is 19.4 Å². The lowest BCUT2D eigenvalue weighted by molar-refractivity contribution is 1.23. The highest BCUT2D eigenvalue weighted by atomic mass is 14.7. The van der Waals surface area contributed by atoms with E-state index in [0.29, 0.717) is 0 Å². The summed E-state index contributed by atoms with van der Waals surface area (Å²) in [6, 6.07) is 10.2. The standard InChI is InChI=1S/C12H15N/c1-3-4-10-13-11(2)12-8-6-5-7-9-12/h3-9H,10H2,1-2H3/b4-3-,13-11?. The zero-order chi connectivity index (χ0) is 9.52. The van der Waals surface area contributed by atoms with Crippen LogP contribution in [0.4, 0.5) is 0 Å². The van der Waals surface area contributed by atoms with Crippen LogP contribution in [0.15, 0.2) is 47.5 Å². The molecule has 0 unspecified atom stereocenters. The lowest BCUT2D eigenvalue weighted by Gasteiger charge is -1.98. The molecular formula is C12H15N. The van der Waals surface area contributed by atoms with Gasteiger partial charge in [0.1, 0.15) is 0 Å². The fourth-order valence-corrected chi connectivity index (χ4v) is 1.07. The van der Waals surface area contributed by atoms with Gasteiger partial charge in [0.15, 0.2) is 0 Å². The Kier molecular flexibility index (Phi) is 3.97. The fraction of sp³-hybridized carbons (Fsp3) is 0.250. The van der Waals surface area contributed by atoms with Crippen LogP contribution in [0.25, 0.3) is 0 Å². The van der Waals surface area contributed by atoms with E-state index in [1.165, 1.54) is 5.56 Å². The van der Waals surface area contributed by atoms with E-state index >= 15 is 0 Å². The summed E-state index contributed by atoms with van der Waals surface area (Å²) < 4.78 is 0. The summed E-state index contributed by atoms with van der Waals surface area (Å²) in [6.45, 7) is 4.82. The van der Waals surface area contributed by atoms with Crippen molar-refractivity contribution in [3.05, 3.63) is 48.0 Å². The van der Waals surface area contributed by atoms with Gasteiger partial charge in [-0.3, -0.25) is 4.99 Å². The summed E-state index contributed by atoms with van der Waals surface area (Å²) in [5, 5.41) is 0. The number of allylic oxidation sites excluding steroid dienone is 1. The van der Waals surface area contributed by atoms with Gasteiger partial charge in [0.05, 0.1) is 6.54 Å². The van der Waals surface area contributed by atoms with Gasteiger partial charge >= 0.3 is 0 Å². The van der Waals surface area contributed by atoms with Crippen LogP contribution in [0.5, 0.6) is 0 Å². The van der Waals surface area contributed by atoms with Crippen LogP contribution in [-0.2, 0) is 0 Å². The highest BCUT2D eigenvalue weighted by Gasteiger charge is 1.92. The van der Waals surface area contributed by atoms with Gasteiger partial charge in [0, 0.05) is 5.71 Å². The Morgan fingerprint density at radius 1 is 1.31 bits per heavy atom. The van der Waals surface area contributed by atoms with Gasteiger partial charge in [-0.2, -0.15) is 0 Å². The highest BCUT2D eigenvalue weighted by molar-refractivity contribution is 5.98. The first-order chi connectivity index (χ1) is 6.34. The normalized spacial score (nSPS) is 12.3. The molecule has 0 saturated heterocycles. The molecule has 0 saturated carbocycles. The molecule has 1 aromatic carbocycles. The third-order valence-corrected chi connectivity index (χ3v) is 1.86. The third kappa shape index (κ3) is 3.24. The number of benzene rings is 1. The topological polar surface area (TPSA) is 12.4 Å². The van der Waals surface area contributed by atoms with Gasteiger partial charge < -0.3 is 0 Å². The molecular weight excluding hydrogens is 158 g/mol. The minimum absolute atomic E-state index is 0.775. The van der Waals surface area contributed by atoms with Crippen LogP contribution in [0.3, 0.4) is 0 Å². The maximum Gasteiger partial charge on any atom is 0.0573 e. The fourth-order valence-electron chi connectivity index (χ4n) is 1.07. The lowest BCUT2D eigenvalue weighted by Crippen LogP contribution is -1.94. The monoisotopic (exact) mass is 173 g/mol. The van der Waals surface area contributed by atoms with Crippen LogP contribution in [-0.4, -0.2) is 12.3 Å². The van der Waals surface area contributed by atoms with Gasteiger partial charge in [-0.25, -0.2) is 0 Å². The van der Waals surface area contributed by atoms with Crippen molar-refractivity contribution in [2.75, 3.05) is 6.54 Å². The maximum absolute atomic E-state index is 4.41. The first-order valence-electron chi connectivity index (χ1n) is 4.52. The first-order valence-corrected chi connectivity index (χ1v) is 4.52. The number of hydrogen-bond donors (Lipinski definition) is 0. The van der Waals surface area contributed by atoms with Crippen molar-refractivity contribution >= 4 is 5.71 Å². The number of nitrogens with zero attached hydrogens (tertiary/aromatic N) is 1. The van der Waals surface area contributed by atoms with E-state index in [9.17, 15) is 0 Å². The van der Waals surface area contributed by atoms with Crippen LogP contribution in [0, 0.1) is 0 Å². The molecule has 0 aliphatic carbocycles. The van der Waals surface area contributed by atoms with Crippen molar-refractivity contribution in [1.29, 1.82) is 0 Å². The summed E-state index contributed by atoms with van der Waals surface area (Å²) >= 11 is 0. The number of aliphatic imine (C=N–C) groups is 1. The second kappa shape index (κ2) is 5.31. The highest BCUT2D eigenvalue weighted by Crippen LogP contribution is 2.00. The Morgan fingerprint density at radius 2 is 2.00 bits per heavy atom. The molecule has 1 aromatic rings. The minimum atomic E-state index is 0.775. The Balaban J connectivity index is 2.67. The predicted molar refractivity (Wildman–Crippen MR) is 58.3 cm³/mol. The molecule has 0 aliphatic rings. The maximum atomic E-state index is 4.41. The molecule has 0 atom stereocenters. The molecule has 0 bridgehead atoms. The molecule has 0 radical (unpaired) electrons. The van der Waals surface area contributed by atoms with Crippen molar-refractivity contribution < 1.29 is 0 Å². The molecule has 0 aromatic heterocycles. The molecule has 1 rings (SSSR count). The van der Waals surface area contributed by atoms with Crippen molar-refractivity contribution in [1.82, 2.24) is 0 Å². The summed E-state index contributed by atoms with van der Waals surface area (Å²) in [5.74, 6) is 0. The third-order valence-electron chi connectivity index (χ3n) is 1.86. The quantitative estimate of drug-likeness (QED) is 0.492. The van der Waals surface area contributed by atoms with E-state index in [1.54, 1.807) is 0 Å². The Bertz CT molecular complexity index is 296. The summed E-state index contributed by atoms with van der Waals surface area (Å²) in [4.78, 5) is 4.41. The lowest BCUT2D eigenvalue weighted by atomic mass is 10.1. The van der Waals surface area contributed by atoms with E-state index in [0.717, 1.165) is 12.3 Å². The number of rotatable bonds is 3. The van der Waals surface area contributed by atoms with Crippen molar-refractivity contribution in [2.45, 2.75) is 13.8 Å². The molecule has 0 N–H and O–H groups in total. The number of hydrogen-bond acceptors (Lipinski definition) is 1. The van der Waals surface area contributed by atoms with Crippen molar-refractivity contribution in [2.24, 2.45) is 4.99 Å². The summed E-state index contributed by atoms with van der Waals surface area (Å²) in [6.07, 6.45) is 4.06. The van der Waals surface area contributed by atoms with Gasteiger partial charge in [0.25, 0.3) is 0 Å². The molecule has 0 heterocycles. The van der Waals surface area contributed by atoms with Gasteiger partial charge in [-0.1, -0.05) is 42.5 Å². The Labute approximate surface area is 79.8 Å². The van der Waals surface area contributed by atoms with E-state index in [4.69, 9.17) is 0 Å². The predicted octanol–water partition coefficient (Wildman–Crippen LogP) is 3.07. The van der Waals surface area contributed by atoms with E-state index < -0.39 is 0 Å². The zero-order valence-corrected chi connectivity index (χ0v) is 8.20. The largest absolute Gasteiger partial charge is 0.285 e. The van der Waals surface area contributed by atoms with Gasteiger partial charge in [-0.15, -0.1) is 0 Å².